The molecule has 0 aliphatic rings. The summed E-state index contributed by atoms with van der Waals surface area (Å²) in [5, 5.41) is 8.97. The first-order valence-corrected chi connectivity index (χ1v) is 6.36. The normalized spacial score (nSPS) is 12.0. The highest BCUT2D eigenvalue weighted by atomic mass is 79.9. The van der Waals surface area contributed by atoms with Crippen LogP contribution in [0.1, 0.15) is 36.2 Å². The van der Waals surface area contributed by atoms with Gasteiger partial charge in [0.05, 0.1) is 5.56 Å². The molecule has 1 atom stereocenters. The summed E-state index contributed by atoms with van der Waals surface area (Å²) in [7, 11) is 0. The zero-order chi connectivity index (χ0) is 13.9. The summed E-state index contributed by atoms with van der Waals surface area (Å²) in [5.74, 6) is -0.879. The number of carboxylic acid groups (broad SMARTS) is 1. The molecular weight excluding hydrogens is 300 g/mol. The Kier molecular flexibility index (Phi) is 4.90. The molecule has 0 spiro atoms. The molecule has 0 aliphatic heterocycles. The zero-order valence-electron chi connectivity index (χ0n) is 10.5. The van der Waals surface area contributed by atoms with Crippen molar-refractivity contribution in [3.05, 3.63) is 27.7 Å². The Labute approximate surface area is 114 Å². The average Bonchev–Trinajstić information content (AvgIpc) is 2.29. The molecule has 5 heteroatoms. The Morgan fingerprint density at radius 2 is 2.06 bits per heavy atom. The number of carbonyl (C=O) groups is 2. The second-order valence-electron chi connectivity index (χ2n) is 4.01. The predicted octanol–water partition coefficient (Wildman–Crippen LogP) is 3.20. The standard InChI is InChI=1S/C13H15BrO4/c1-4-11(13(16)17)18-12-5-7(2)10(14)6-9(12)8(3)15/h5-6,11H,4H2,1-3H3,(H,16,17). The van der Waals surface area contributed by atoms with Crippen LogP contribution >= 0.6 is 15.9 Å². The maximum absolute atomic E-state index is 11.5. The van der Waals surface area contributed by atoms with Gasteiger partial charge < -0.3 is 9.84 Å². The topological polar surface area (TPSA) is 63.6 Å². The van der Waals surface area contributed by atoms with Crippen molar-refractivity contribution >= 4 is 27.7 Å². The van der Waals surface area contributed by atoms with E-state index >= 15 is 0 Å². The van der Waals surface area contributed by atoms with Crippen molar-refractivity contribution < 1.29 is 19.4 Å². The van der Waals surface area contributed by atoms with Gasteiger partial charge in [-0.1, -0.05) is 22.9 Å². The Morgan fingerprint density at radius 3 is 2.50 bits per heavy atom. The molecule has 1 aromatic carbocycles. The lowest BCUT2D eigenvalue weighted by Crippen LogP contribution is -2.26. The van der Waals surface area contributed by atoms with Crippen LogP contribution in [0.15, 0.2) is 16.6 Å². The van der Waals surface area contributed by atoms with Crippen LogP contribution in [0.2, 0.25) is 0 Å². The highest BCUT2D eigenvalue weighted by Crippen LogP contribution is 2.28. The molecule has 0 heterocycles. The molecule has 4 nitrogen and oxygen atoms in total. The largest absolute Gasteiger partial charge is 0.479 e. The van der Waals surface area contributed by atoms with Crippen molar-refractivity contribution in [2.24, 2.45) is 0 Å². The van der Waals surface area contributed by atoms with E-state index in [9.17, 15) is 9.59 Å². The molecule has 0 radical (unpaired) electrons. The molecule has 1 rings (SSSR count). The number of hydrogen-bond acceptors (Lipinski definition) is 3. The number of halogens is 1. The van der Waals surface area contributed by atoms with E-state index in [1.54, 1.807) is 19.1 Å². The van der Waals surface area contributed by atoms with Crippen molar-refractivity contribution in [3.63, 3.8) is 0 Å². The molecular formula is C13H15BrO4. The van der Waals surface area contributed by atoms with Crippen LogP contribution in [0.4, 0.5) is 0 Å². The van der Waals surface area contributed by atoms with Gasteiger partial charge in [0.2, 0.25) is 0 Å². The average molecular weight is 315 g/mol. The van der Waals surface area contributed by atoms with Crippen molar-refractivity contribution in [2.45, 2.75) is 33.3 Å². The lowest BCUT2D eigenvalue weighted by atomic mass is 10.1. The van der Waals surface area contributed by atoms with Gasteiger partial charge in [-0.15, -0.1) is 0 Å². The number of benzene rings is 1. The maximum atomic E-state index is 11.5. The lowest BCUT2D eigenvalue weighted by Gasteiger charge is -2.16. The van der Waals surface area contributed by atoms with E-state index in [0.29, 0.717) is 17.7 Å². The summed E-state index contributed by atoms with van der Waals surface area (Å²) in [4.78, 5) is 22.5. The predicted molar refractivity (Wildman–Crippen MR) is 71.2 cm³/mol. The quantitative estimate of drug-likeness (QED) is 0.848. The number of rotatable bonds is 5. The van der Waals surface area contributed by atoms with Gasteiger partial charge in [-0.2, -0.15) is 0 Å². The number of ether oxygens (including phenoxy) is 1. The molecule has 0 aliphatic carbocycles. The summed E-state index contributed by atoms with van der Waals surface area (Å²) in [6.07, 6.45) is -0.606. The third-order valence-electron chi connectivity index (χ3n) is 2.56. The van der Waals surface area contributed by atoms with Crippen LogP contribution in [0.3, 0.4) is 0 Å². The minimum absolute atomic E-state index is 0.161. The van der Waals surface area contributed by atoms with Gasteiger partial charge in [-0.05, 0) is 38.0 Å². The number of hydrogen-bond donors (Lipinski definition) is 1. The molecule has 1 N–H and O–H groups in total. The minimum Gasteiger partial charge on any atom is -0.479 e. The minimum atomic E-state index is -1.03. The lowest BCUT2D eigenvalue weighted by molar-refractivity contribution is -0.145. The molecule has 18 heavy (non-hydrogen) atoms. The smallest absolute Gasteiger partial charge is 0.344 e. The second-order valence-corrected chi connectivity index (χ2v) is 4.86. The van der Waals surface area contributed by atoms with Crippen LogP contribution in [-0.2, 0) is 4.79 Å². The molecule has 0 bridgehead atoms. The molecule has 0 aromatic heterocycles. The Bertz CT molecular complexity index is 482. The fourth-order valence-corrected chi connectivity index (χ4v) is 1.83. The number of ketones is 1. The molecule has 98 valence electrons. The zero-order valence-corrected chi connectivity index (χ0v) is 12.1. The Hall–Kier alpha value is -1.36. The first kappa shape index (κ1) is 14.7. The molecule has 0 fully saturated rings. The third-order valence-corrected chi connectivity index (χ3v) is 3.41. The van der Waals surface area contributed by atoms with Crippen LogP contribution in [0.5, 0.6) is 5.75 Å². The summed E-state index contributed by atoms with van der Waals surface area (Å²) in [6.45, 7) is 4.99. The highest BCUT2D eigenvalue weighted by molar-refractivity contribution is 9.10. The number of carbonyl (C=O) groups excluding carboxylic acids is 1. The summed E-state index contributed by atoms with van der Waals surface area (Å²) in [6, 6.07) is 3.33. The van der Waals surface area contributed by atoms with Gasteiger partial charge in [-0.3, -0.25) is 4.79 Å². The number of aliphatic carboxylic acids is 1. The van der Waals surface area contributed by atoms with Gasteiger partial charge in [0, 0.05) is 4.47 Å². The molecule has 1 aromatic rings. The van der Waals surface area contributed by atoms with E-state index in [4.69, 9.17) is 9.84 Å². The maximum Gasteiger partial charge on any atom is 0.344 e. The third kappa shape index (κ3) is 3.32. The Balaban J connectivity index is 3.18. The van der Waals surface area contributed by atoms with Crippen molar-refractivity contribution in [2.75, 3.05) is 0 Å². The Morgan fingerprint density at radius 1 is 1.44 bits per heavy atom. The van der Waals surface area contributed by atoms with Crippen LogP contribution in [0, 0.1) is 6.92 Å². The second kappa shape index (κ2) is 6.00. The van der Waals surface area contributed by atoms with Crippen LogP contribution in [0.25, 0.3) is 0 Å². The van der Waals surface area contributed by atoms with E-state index in [0.717, 1.165) is 10.0 Å². The van der Waals surface area contributed by atoms with E-state index < -0.39 is 12.1 Å². The van der Waals surface area contributed by atoms with Crippen LogP contribution < -0.4 is 4.74 Å². The van der Waals surface area contributed by atoms with Gasteiger partial charge >= 0.3 is 5.97 Å². The van der Waals surface area contributed by atoms with Crippen molar-refractivity contribution in [3.8, 4) is 5.75 Å². The summed E-state index contributed by atoms with van der Waals surface area (Å²) in [5.41, 5.74) is 1.27. The number of Topliss-reactive ketones (excluding diaryl/α,β-unsaturated/α-hetero) is 1. The number of carboxylic acids is 1. The van der Waals surface area contributed by atoms with Crippen molar-refractivity contribution in [1.82, 2.24) is 0 Å². The van der Waals surface area contributed by atoms with Crippen LogP contribution in [-0.4, -0.2) is 23.0 Å². The molecule has 1 unspecified atom stereocenters. The summed E-state index contributed by atoms with van der Waals surface area (Å²) < 4.78 is 6.21. The van der Waals surface area contributed by atoms with E-state index in [1.165, 1.54) is 6.92 Å². The van der Waals surface area contributed by atoms with Gasteiger partial charge in [0.1, 0.15) is 5.75 Å². The fraction of sp³-hybridized carbons (Fsp3) is 0.385. The SMILES string of the molecule is CCC(Oc1cc(C)c(Br)cc1C(C)=O)C(=O)O. The monoisotopic (exact) mass is 314 g/mol. The summed E-state index contributed by atoms with van der Waals surface area (Å²) >= 11 is 3.34. The van der Waals surface area contributed by atoms with E-state index in [-0.39, 0.29) is 5.78 Å². The first-order valence-electron chi connectivity index (χ1n) is 5.57. The van der Waals surface area contributed by atoms with E-state index in [2.05, 4.69) is 15.9 Å². The van der Waals surface area contributed by atoms with Gasteiger partial charge in [-0.25, -0.2) is 4.79 Å². The molecule has 0 amide bonds. The molecule has 0 saturated carbocycles. The highest BCUT2D eigenvalue weighted by Gasteiger charge is 2.20. The first-order chi connectivity index (χ1) is 8.36. The number of aryl methyl sites for hydroxylation is 1. The van der Waals surface area contributed by atoms with Gasteiger partial charge in [0.25, 0.3) is 0 Å². The van der Waals surface area contributed by atoms with Gasteiger partial charge in [0.15, 0.2) is 11.9 Å². The van der Waals surface area contributed by atoms with Crippen molar-refractivity contribution in [1.29, 1.82) is 0 Å². The fourth-order valence-electron chi connectivity index (χ4n) is 1.49. The van der Waals surface area contributed by atoms with E-state index in [1.807, 2.05) is 6.92 Å². The molecule has 0 saturated heterocycles.